The zero-order valence-electron chi connectivity index (χ0n) is 13.9. The molecule has 0 saturated carbocycles. The molecule has 8 heteroatoms. The molecule has 0 N–H and O–H groups in total. The lowest BCUT2D eigenvalue weighted by molar-refractivity contribution is -0.387. The molecule has 7 nitrogen and oxygen atoms in total. The fourth-order valence-electron chi connectivity index (χ4n) is 1.93. The molecule has 0 aliphatic heterocycles. The van der Waals surface area contributed by atoms with Gasteiger partial charge in [-0.25, -0.2) is 4.79 Å². The van der Waals surface area contributed by atoms with Crippen LogP contribution in [0.1, 0.15) is 44.0 Å². The Kier molecular flexibility index (Phi) is 8.25. The van der Waals surface area contributed by atoms with E-state index >= 15 is 0 Å². The third-order valence-electron chi connectivity index (χ3n) is 3.06. The maximum atomic E-state index is 11.8. The lowest BCUT2D eigenvalue weighted by atomic mass is 10.2. The number of hydrogen-bond donors (Lipinski definition) is 0. The van der Waals surface area contributed by atoms with Crippen LogP contribution in [0.15, 0.2) is 23.1 Å². The molecule has 0 aliphatic rings. The molecule has 0 unspecified atom stereocenters. The van der Waals surface area contributed by atoms with Crippen LogP contribution in [0.5, 0.6) is 0 Å². The van der Waals surface area contributed by atoms with Crippen molar-refractivity contribution in [2.24, 2.45) is 0 Å². The van der Waals surface area contributed by atoms with E-state index in [1.807, 2.05) is 6.92 Å². The number of esters is 2. The van der Waals surface area contributed by atoms with E-state index in [1.54, 1.807) is 13.8 Å². The number of rotatable bonds is 9. The van der Waals surface area contributed by atoms with Crippen LogP contribution in [0.3, 0.4) is 0 Å². The quantitative estimate of drug-likeness (QED) is 0.289. The van der Waals surface area contributed by atoms with Crippen LogP contribution >= 0.6 is 11.8 Å². The van der Waals surface area contributed by atoms with Crippen LogP contribution in [0.2, 0.25) is 0 Å². The summed E-state index contributed by atoms with van der Waals surface area (Å²) in [7, 11) is 0. The second-order valence-corrected chi connectivity index (χ2v) is 6.41. The minimum absolute atomic E-state index is 0.0504. The Bertz CT molecular complexity index is 604. The van der Waals surface area contributed by atoms with Crippen LogP contribution < -0.4 is 0 Å². The van der Waals surface area contributed by atoms with Gasteiger partial charge in [0, 0.05) is 17.7 Å². The van der Waals surface area contributed by atoms with Crippen LogP contribution in [0.4, 0.5) is 5.69 Å². The van der Waals surface area contributed by atoms with E-state index in [0.29, 0.717) is 17.9 Å². The van der Waals surface area contributed by atoms with E-state index in [-0.39, 0.29) is 35.5 Å². The summed E-state index contributed by atoms with van der Waals surface area (Å²) in [5.41, 5.74) is 0.193. The van der Waals surface area contributed by atoms with Crippen molar-refractivity contribution in [3.8, 4) is 0 Å². The number of nitrogens with zero attached hydrogens (tertiary/aromatic N) is 1. The first-order valence-electron chi connectivity index (χ1n) is 7.66. The number of hydrogen-bond acceptors (Lipinski definition) is 7. The number of thioether (sulfide) groups is 1. The van der Waals surface area contributed by atoms with E-state index in [4.69, 9.17) is 9.47 Å². The standard InChI is InChI=1S/C16H21NO6S/c1-4-22-15(18)9-6-11(3)24-14-10-12(16(19)23-5-2)7-8-13(14)17(20)21/h7-8,10-11H,4-6,9H2,1-3H3/t11-/m0/s1. The summed E-state index contributed by atoms with van der Waals surface area (Å²) in [5.74, 6) is -0.812. The molecule has 0 aliphatic carbocycles. The zero-order valence-corrected chi connectivity index (χ0v) is 14.8. The predicted molar refractivity (Wildman–Crippen MR) is 90.2 cm³/mol. The molecule has 0 heterocycles. The van der Waals surface area contributed by atoms with Gasteiger partial charge >= 0.3 is 11.9 Å². The van der Waals surface area contributed by atoms with Crippen LogP contribution in [0, 0.1) is 10.1 Å². The van der Waals surface area contributed by atoms with Crippen molar-refractivity contribution in [1.82, 2.24) is 0 Å². The molecule has 24 heavy (non-hydrogen) atoms. The summed E-state index contributed by atoms with van der Waals surface area (Å²) in [6.45, 7) is 5.85. The zero-order chi connectivity index (χ0) is 18.1. The largest absolute Gasteiger partial charge is 0.466 e. The highest BCUT2D eigenvalue weighted by Gasteiger charge is 2.20. The summed E-state index contributed by atoms with van der Waals surface area (Å²) < 4.78 is 9.78. The summed E-state index contributed by atoms with van der Waals surface area (Å²) in [6, 6.07) is 4.14. The molecular weight excluding hydrogens is 334 g/mol. The number of carbonyl (C=O) groups is 2. The molecule has 0 fully saturated rings. The van der Waals surface area contributed by atoms with Gasteiger partial charge in [-0.15, -0.1) is 11.8 Å². The molecule has 0 saturated heterocycles. The number of nitro benzene ring substituents is 1. The van der Waals surface area contributed by atoms with Gasteiger partial charge in [-0.05, 0) is 32.4 Å². The first-order chi connectivity index (χ1) is 11.4. The molecule has 0 bridgehead atoms. The van der Waals surface area contributed by atoms with Crippen LogP contribution in [-0.4, -0.2) is 35.3 Å². The van der Waals surface area contributed by atoms with E-state index in [0.717, 1.165) is 0 Å². The molecule has 1 atom stereocenters. The lowest BCUT2D eigenvalue weighted by Crippen LogP contribution is -2.08. The first kappa shape index (κ1) is 20.0. The molecule has 132 valence electrons. The summed E-state index contributed by atoms with van der Waals surface area (Å²) in [6.07, 6.45) is 0.762. The molecule has 1 aromatic rings. The topological polar surface area (TPSA) is 95.7 Å². The van der Waals surface area contributed by atoms with E-state index in [9.17, 15) is 19.7 Å². The van der Waals surface area contributed by atoms with Gasteiger partial charge in [-0.1, -0.05) is 6.92 Å². The Morgan fingerprint density at radius 1 is 1.25 bits per heavy atom. The van der Waals surface area contributed by atoms with Crippen LogP contribution in [0.25, 0.3) is 0 Å². The van der Waals surface area contributed by atoms with E-state index in [1.165, 1.54) is 30.0 Å². The average Bonchev–Trinajstić information content (AvgIpc) is 2.53. The molecule has 0 radical (unpaired) electrons. The molecule has 0 amide bonds. The second kappa shape index (κ2) is 9.92. The van der Waals surface area contributed by atoms with Gasteiger partial charge in [0.2, 0.25) is 0 Å². The second-order valence-electron chi connectivity index (χ2n) is 4.93. The third kappa shape index (κ3) is 6.19. The highest BCUT2D eigenvalue weighted by atomic mass is 32.2. The summed E-state index contributed by atoms with van der Waals surface area (Å²) in [5, 5.41) is 11.1. The molecule has 0 aromatic heterocycles. The van der Waals surface area contributed by atoms with Crippen molar-refractivity contribution in [3.63, 3.8) is 0 Å². The van der Waals surface area contributed by atoms with Crippen molar-refractivity contribution in [1.29, 1.82) is 0 Å². The fourth-order valence-corrected chi connectivity index (χ4v) is 3.06. The highest BCUT2D eigenvalue weighted by molar-refractivity contribution is 8.00. The number of nitro groups is 1. The number of ether oxygens (including phenoxy) is 2. The molecule has 0 spiro atoms. The number of benzene rings is 1. The van der Waals surface area contributed by atoms with E-state index in [2.05, 4.69) is 0 Å². The Morgan fingerprint density at radius 3 is 2.50 bits per heavy atom. The van der Waals surface area contributed by atoms with Crippen molar-refractivity contribution < 1.29 is 24.0 Å². The van der Waals surface area contributed by atoms with E-state index < -0.39 is 10.9 Å². The van der Waals surface area contributed by atoms with Crippen molar-refractivity contribution in [2.75, 3.05) is 13.2 Å². The Hall–Kier alpha value is -2.09. The minimum atomic E-state index is -0.520. The lowest BCUT2D eigenvalue weighted by Gasteiger charge is -2.12. The van der Waals surface area contributed by atoms with Crippen molar-refractivity contribution >= 4 is 29.4 Å². The maximum absolute atomic E-state index is 11.8. The van der Waals surface area contributed by atoms with Gasteiger partial charge in [0.15, 0.2) is 0 Å². The van der Waals surface area contributed by atoms with Gasteiger partial charge in [-0.3, -0.25) is 14.9 Å². The first-order valence-corrected chi connectivity index (χ1v) is 8.54. The normalized spacial score (nSPS) is 11.6. The Balaban J connectivity index is 2.86. The summed E-state index contributed by atoms with van der Waals surface area (Å²) >= 11 is 1.25. The highest BCUT2D eigenvalue weighted by Crippen LogP contribution is 2.34. The minimum Gasteiger partial charge on any atom is -0.466 e. The monoisotopic (exact) mass is 355 g/mol. The fraction of sp³-hybridized carbons (Fsp3) is 0.500. The Labute approximate surface area is 144 Å². The Morgan fingerprint density at radius 2 is 1.92 bits per heavy atom. The van der Waals surface area contributed by atoms with Crippen molar-refractivity contribution in [3.05, 3.63) is 33.9 Å². The number of carbonyl (C=O) groups excluding carboxylic acids is 2. The van der Waals surface area contributed by atoms with Gasteiger partial charge in [0.05, 0.1) is 28.6 Å². The van der Waals surface area contributed by atoms with Gasteiger partial charge < -0.3 is 9.47 Å². The van der Waals surface area contributed by atoms with Gasteiger partial charge in [-0.2, -0.15) is 0 Å². The third-order valence-corrected chi connectivity index (χ3v) is 4.28. The van der Waals surface area contributed by atoms with Crippen molar-refractivity contribution in [2.45, 2.75) is 43.8 Å². The maximum Gasteiger partial charge on any atom is 0.338 e. The average molecular weight is 355 g/mol. The SMILES string of the molecule is CCOC(=O)CC[C@H](C)Sc1cc(C(=O)OCC)ccc1[N+](=O)[O-]. The van der Waals surface area contributed by atoms with Crippen LogP contribution in [-0.2, 0) is 14.3 Å². The van der Waals surface area contributed by atoms with Gasteiger partial charge in [0.1, 0.15) is 0 Å². The molecular formula is C16H21NO6S. The van der Waals surface area contributed by atoms with Gasteiger partial charge in [0.25, 0.3) is 5.69 Å². The molecule has 1 rings (SSSR count). The smallest absolute Gasteiger partial charge is 0.338 e. The molecule has 1 aromatic carbocycles. The predicted octanol–water partition coefficient (Wildman–Crippen LogP) is 3.60. The summed E-state index contributed by atoms with van der Waals surface area (Å²) in [4.78, 5) is 34.2.